The van der Waals surface area contributed by atoms with E-state index in [-0.39, 0.29) is 41.9 Å². The maximum Gasteiger partial charge on any atom is 0.211 e. The van der Waals surface area contributed by atoms with Gasteiger partial charge in [-0.3, -0.25) is 4.79 Å². The molecule has 1 N–H and O–H groups in total. The second kappa shape index (κ2) is 4.08. The molecule has 5 rings (SSSR count). The Kier molecular flexibility index (Phi) is 1.42. The van der Waals surface area contributed by atoms with Crippen LogP contribution in [0.25, 0.3) is 0 Å². The van der Waals surface area contributed by atoms with E-state index in [0.717, 1.165) is 0 Å². The van der Waals surface area contributed by atoms with Gasteiger partial charge in [0, 0.05) is 20.8 Å². The van der Waals surface area contributed by atoms with Gasteiger partial charge in [0.25, 0.3) is 0 Å². The summed E-state index contributed by atoms with van der Waals surface area (Å²) in [7, 11) is -1.24. The number of benzene rings is 1. The summed E-state index contributed by atoms with van der Waals surface area (Å²) in [6.45, 7) is 0.382. The van der Waals surface area contributed by atoms with Crippen LogP contribution in [0.4, 0.5) is 0 Å². The number of piperidine rings is 1. The predicted octanol–water partition coefficient (Wildman–Crippen LogP) is 1.05. The quantitative estimate of drug-likeness (QED) is 0.881. The number of likely N-dealkylation sites (N-methyl/N-ethyl adjacent to an activating group) is 1. The van der Waals surface area contributed by atoms with E-state index in [1.807, 2.05) is 0 Å². The van der Waals surface area contributed by atoms with Gasteiger partial charge in [0.2, 0.25) is 1.43 Å². The van der Waals surface area contributed by atoms with E-state index in [2.05, 4.69) is 0 Å². The Morgan fingerprint density at radius 3 is 3.35 bits per heavy atom. The summed E-state index contributed by atoms with van der Waals surface area (Å²) in [6, 6.07) is -2.12. The number of hydrogen-bond acceptors (Lipinski definition) is 5. The molecule has 4 atom stereocenters. The van der Waals surface area contributed by atoms with Gasteiger partial charge in [-0.05, 0) is 44.4 Å². The molecule has 2 heterocycles. The number of rotatable bonds is 2. The van der Waals surface area contributed by atoms with Crippen molar-refractivity contribution in [2.45, 2.75) is 48.8 Å². The number of hydrogen-bond donors (Lipinski definition) is 1. The molecular formula is C18H21NO4. The van der Waals surface area contributed by atoms with E-state index >= 15 is 0 Å². The number of carbonyl (C=O) groups excluding carboxylic acids is 1. The van der Waals surface area contributed by atoms with Crippen molar-refractivity contribution in [1.29, 1.82) is 1.43 Å². The first-order valence-electron chi connectivity index (χ1n) is 11.7. The lowest BCUT2D eigenvalue weighted by Crippen LogP contribution is -2.76. The SMILES string of the molecule is [2H]O[C@@]12CCC(=O)C3Oc4c(OC([2H])([2H])[2H])c([2H])c([2H])c5c4[C@@]31CCN(C)[C@@H]2C5([2H])[2H]. The first-order chi connectivity index (χ1) is 14.3. The number of likely N-dealkylation sites (tertiary alicyclic amines) is 1. The molecule has 1 saturated heterocycles. The summed E-state index contributed by atoms with van der Waals surface area (Å²) < 4.78 is 76.4. The van der Waals surface area contributed by atoms with Crippen LogP contribution in [0.2, 0.25) is 0 Å². The number of ether oxygens (including phenoxy) is 2. The summed E-state index contributed by atoms with van der Waals surface area (Å²) in [5.41, 5.74) is -2.69. The third kappa shape index (κ3) is 1.32. The molecule has 0 aromatic heterocycles. The molecule has 1 aromatic rings. The minimum absolute atomic E-state index is 0.00592. The fourth-order valence-electron chi connectivity index (χ4n) is 5.02. The van der Waals surface area contributed by atoms with E-state index in [1.54, 1.807) is 11.9 Å². The van der Waals surface area contributed by atoms with Crippen LogP contribution in [0.15, 0.2) is 12.1 Å². The molecule has 4 aliphatic rings. The van der Waals surface area contributed by atoms with E-state index in [1.165, 1.54) is 0 Å². The van der Waals surface area contributed by atoms with Crippen LogP contribution in [0.5, 0.6) is 11.5 Å². The molecular weight excluding hydrogens is 294 g/mol. The highest BCUT2D eigenvalue weighted by atomic mass is 16.5. The molecule has 1 aromatic carbocycles. The topological polar surface area (TPSA) is 59.0 Å². The maximum atomic E-state index is 13.0. The van der Waals surface area contributed by atoms with Crippen molar-refractivity contribution >= 4 is 5.78 Å². The van der Waals surface area contributed by atoms with Crippen molar-refractivity contribution in [1.82, 2.24) is 4.90 Å². The number of carbonyl (C=O) groups is 1. The Morgan fingerprint density at radius 2 is 2.52 bits per heavy atom. The van der Waals surface area contributed by atoms with Crippen LogP contribution >= 0.6 is 0 Å². The summed E-state index contributed by atoms with van der Waals surface area (Å²) in [5, 5.41) is 5.34. The molecule has 5 nitrogen and oxygen atoms in total. The van der Waals surface area contributed by atoms with Crippen molar-refractivity contribution < 1.29 is 29.0 Å². The predicted molar refractivity (Wildman–Crippen MR) is 83.0 cm³/mol. The number of nitrogens with zero attached hydrogens (tertiary/aromatic N) is 1. The molecule has 1 unspecified atom stereocenters. The standard InChI is InChI=1S/C18H21NO4/c1-19-8-7-17-14-10-3-4-12(22-2)15(14)23-16(17)11(20)5-6-18(17,21)13(19)9-10/h3-4,13,16,21H,5-9H2,1-2H3/t13-,16?,17+,18-/m1/s1/i2D3,3D,4D,9D2,21D. The van der Waals surface area contributed by atoms with Crippen LogP contribution in [0.1, 0.15) is 40.0 Å². The Bertz CT molecular complexity index is 1010. The van der Waals surface area contributed by atoms with Crippen LogP contribution in [-0.4, -0.2) is 55.6 Å². The number of ketones is 1. The fourth-order valence-corrected chi connectivity index (χ4v) is 5.02. The third-order valence-corrected chi connectivity index (χ3v) is 6.03. The molecule has 1 saturated carbocycles. The Morgan fingerprint density at radius 1 is 1.61 bits per heavy atom. The van der Waals surface area contributed by atoms with E-state index in [0.29, 0.717) is 6.54 Å². The largest absolute Gasteiger partial charge is 0.493 e. The van der Waals surface area contributed by atoms with Crippen molar-refractivity contribution in [2.24, 2.45) is 0 Å². The first kappa shape index (κ1) is 7.99. The maximum absolute atomic E-state index is 13.0. The van der Waals surface area contributed by atoms with Crippen molar-refractivity contribution in [3.05, 3.63) is 23.2 Å². The number of Topliss-reactive ketones (excluding diaryl/α,β-unsaturated/α-hetero) is 1. The van der Waals surface area contributed by atoms with Gasteiger partial charge >= 0.3 is 0 Å². The Balaban J connectivity index is 1.94. The minimum atomic E-state index is -2.95. The molecule has 23 heavy (non-hydrogen) atoms. The van der Waals surface area contributed by atoms with E-state index in [9.17, 15) is 4.79 Å². The van der Waals surface area contributed by atoms with E-state index < -0.39 is 54.4 Å². The highest BCUT2D eigenvalue weighted by Crippen LogP contribution is 2.64. The van der Waals surface area contributed by atoms with Gasteiger partial charge in [0.15, 0.2) is 23.4 Å². The molecule has 2 aliphatic heterocycles. The zero-order chi connectivity index (χ0) is 22.7. The van der Waals surface area contributed by atoms with Gasteiger partial charge in [-0.1, -0.05) is 6.04 Å². The Labute approximate surface area is 146 Å². The van der Waals surface area contributed by atoms with Gasteiger partial charge in [-0.2, -0.15) is 0 Å². The van der Waals surface area contributed by atoms with Crippen LogP contribution in [-0.2, 0) is 16.6 Å². The minimum Gasteiger partial charge on any atom is -0.493 e. The van der Waals surface area contributed by atoms with Crippen LogP contribution in [0, 0.1) is 0 Å². The zero-order valence-corrected chi connectivity index (χ0v) is 12.6. The second-order valence-electron chi connectivity index (χ2n) is 6.86. The smallest absolute Gasteiger partial charge is 0.211 e. The summed E-state index contributed by atoms with van der Waals surface area (Å²) in [5.74, 6) is -0.966. The van der Waals surface area contributed by atoms with E-state index in [4.69, 9.17) is 25.6 Å². The lowest BCUT2D eigenvalue weighted by molar-refractivity contribution is -0.185. The zero-order valence-electron chi connectivity index (χ0n) is 20.6. The molecule has 122 valence electrons. The number of aliphatic hydroxyl groups is 1. The number of methoxy groups -OCH3 is 1. The van der Waals surface area contributed by atoms with Crippen molar-refractivity contribution in [3.8, 4) is 11.5 Å². The van der Waals surface area contributed by atoms with Gasteiger partial charge in [-0.25, -0.2) is 0 Å². The van der Waals surface area contributed by atoms with Gasteiger partial charge in [0.1, 0.15) is 0 Å². The molecule has 0 amide bonds. The van der Waals surface area contributed by atoms with Gasteiger partial charge < -0.3 is 19.5 Å². The normalized spacial score (nSPS) is 48.3. The van der Waals surface area contributed by atoms with Gasteiger partial charge in [0.05, 0.1) is 24.9 Å². The summed E-state index contributed by atoms with van der Waals surface area (Å²) in [4.78, 5) is 14.7. The highest BCUT2D eigenvalue weighted by molar-refractivity contribution is 5.90. The fraction of sp³-hybridized carbons (Fsp3) is 0.611. The summed E-state index contributed by atoms with van der Waals surface area (Å²) >= 11 is 0. The van der Waals surface area contributed by atoms with Crippen molar-refractivity contribution in [2.75, 3.05) is 20.6 Å². The van der Waals surface area contributed by atoms with Crippen LogP contribution < -0.4 is 9.47 Å². The monoisotopic (exact) mass is 323 g/mol. The second-order valence-corrected chi connectivity index (χ2v) is 6.86. The average molecular weight is 323 g/mol. The highest BCUT2D eigenvalue weighted by Gasteiger charge is 2.72. The lowest BCUT2D eigenvalue weighted by Gasteiger charge is -2.62. The molecule has 0 radical (unpaired) electrons. The molecule has 1 spiro atoms. The lowest BCUT2D eigenvalue weighted by atomic mass is 9.49. The first-order valence-corrected chi connectivity index (χ1v) is 7.74. The van der Waals surface area contributed by atoms with Gasteiger partial charge in [-0.15, -0.1) is 0 Å². The Hall–Kier alpha value is -1.59. The molecule has 2 bridgehead atoms. The molecule has 2 fully saturated rings. The summed E-state index contributed by atoms with van der Waals surface area (Å²) in [6.07, 6.45) is -2.98. The third-order valence-electron chi connectivity index (χ3n) is 6.03. The molecule has 2 aliphatic carbocycles. The van der Waals surface area contributed by atoms with Crippen LogP contribution in [0.3, 0.4) is 0 Å². The molecule has 5 heteroatoms. The van der Waals surface area contributed by atoms with Crippen molar-refractivity contribution in [3.63, 3.8) is 0 Å². The average Bonchev–Trinajstić information content (AvgIpc) is 3.00.